The zero-order valence-electron chi connectivity index (χ0n) is 9.55. The highest BCUT2D eigenvalue weighted by Crippen LogP contribution is 2.35. The lowest BCUT2D eigenvalue weighted by Gasteiger charge is -2.11. The van der Waals surface area contributed by atoms with Gasteiger partial charge in [-0.15, -0.1) is 9.42 Å². The van der Waals surface area contributed by atoms with Crippen LogP contribution in [0.1, 0.15) is 12.8 Å². The summed E-state index contributed by atoms with van der Waals surface area (Å²) >= 11 is 0. The molecular formula is C10H14N2O5P+. The fourth-order valence-electron chi connectivity index (χ4n) is 2.09. The van der Waals surface area contributed by atoms with Crippen molar-refractivity contribution in [3.05, 3.63) is 18.6 Å². The summed E-state index contributed by atoms with van der Waals surface area (Å²) in [5.74, 6) is 0.200. The Morgan fingerprint density at radius 1 is 1.44 bits per heavy atom. The van der Waals surface area contributed by atoms with Gasteiger partial charge in [0, 0.05) is 35.9 Å². The molecule has 1 fully saturated rings. The molecule has 2 rings (SSSR count). The van der Waals surface area contributed by atoms with E-state index in [1.54, 1.807) is 6.20 Å². The average molecular weight is 273 g/mol. The smallest absolute Gasteiger partial charge is 0.473 e. The van der Waals surface area contributed by atoms with Crippen LogP contribution in [0.15, 0.2) is 18.6 Å². The minimum atomic E-state index is -2.67. The van der Waals surface area contributed by atoms with Crippen molar-refractivity contribution in [2.45, 2.75) is 25.0 Å². The Labute approximate surface area is 105 Å². The van der Waals surface area contributed by atoms with E-state index in [2.05, 4.69) is 9.97 Å². The van der Waals surface area contributed by atoms with E-state index in [4.69, 9.17) is 14.2 Å². The number of rotatable bonds is 5. The van der Waals surface area contributed by atoms with E-state index in [9.17, 15) is 9.67 Å². The summed E-state index contributed by atoms with van der Waals surface area (Å²) in [6.07, 6.45) is 4.90. The lowest BCUT2D eigenvalue weighted by Crippen LogP contribution is -2.18. The van der Waals surface area contributed by atoms with E-state index in [1.807, 2.05) is 0 Å². The standard InChI is InChI=1S/C10H13N2O5P/c13-6-7-3-8(4-9(7)17-18(14)15)16-10-5-11-1-2-12-10/h1-2,5,7-9,13H,3-4,6H2/p+1/t7-,8-,9+/m1/s1. The normalized spacial score (nSPS) is 28.1. The maximum Gasteiger partial charge on any atom is 0.695 e. The van der Waals surface area contributed by atoms with Gasteiger partial charge < -0.3 is 9.84 Å². The second-order valence-electron chi connectivity index (χ2n) is 4.08. The van der Waals surface area contributed by atoms with Gasteiger partial charge in [-0.2, -0.15) is 0 Å². The molecule has 0 aromatic carbocycles. The molecule has 1 aromatic rings. The number of aliphatic hydroxyl groups is 1. The SMILES string of the molecule is O=[P+](O)O[C@H]1C[C@H](Oc2cnccn2)C[C@@H]1CO. The molecule has 0 radical (unpaired) electrons. The predicted molar refractivity (Wildman–Crippen MR) is 61.0 cm³/mol. The van der Waals surface area contributed by atoms with Gasteiger partial charge in [0.2, 0.25) is 5.88 Å². The molecule has 1 unspecified atom stereocenters. The van der Waals surface area contributed by atoms with Crippen LogP contribution in [0.25, 0.3) is 0 Å². The van der Waals surface area contributed by atoms with Crippen LogP contribution >= 0.6 is 8.25 Å². The molecule has 0 amide bonds. The lowest BCUT2D eigenvalue weighted by molar-refractivity contribution is 0.105. The fraction of sp³-hybridized carbons (Fsp3) is 0.600. The summed E-state index contributed by atoms with van der Waals surface area (Å²) in [6.45, 7) is -0.103. The number of aliphatic hydroxyl groups excluding tert-OH is 1. The van der Waals surface area contributed by atoms with Crippen LogP contribution < -0.4 is 4.74 Å². The third kappa shape index (κ3) is 3.43. The van der Waals surface area contributed by atoms with E-state index < -0.39 is 14.4 Å². The summed E-state index contributed by atoms with van der Waals surface area (Å²) in [5, 5.41) is 9.19. The second kappa shape index (κ2) is 6.15. The van der Waals surface area contributed by atoms with Crippen molar-refractivity contribution in [1.82, 2.24) is 9.97 Å². The Balaban J connectivity index is 1.94. The Bertz CT molecular complexity index is 405. The van der Waals surface area contributed by atoms with Crippen molar-refractivity contribution in [1.29, 1.82) is 0 Å². The van der Waals surface area contributed by atoms with Gasteiger partial charge in [-0.1, -0.05) is 0 Å². The van der Waals surface area contributed by atoms with Crippen molar-refractivity contribution >= 4 is 8.25 Å². The molecule has 18 heavy (non-hydrogen) atoms. The van der Waals surface area contributed by atoms with Gasteiger partial charge in [0.05, 0.1) is 6.20 Å². The van der Waals surface area contributed by atoms with Crippen LogP contribution in [0, 0.1) is 5.92 Å². The number of aromatic nitrogens is 2. The fourth-order valence-corrected chi connectivity index (χ4v) is 2.58. The van der Waals surface area contributed by atoms with Crippen molar-refractivity contribution in [3.8, 4) is 5.88 Å². The summed E-state index contributed by atoms with van der Waals surface area (Å²) in [4.78, 5) is 16.6. The van der Waals surface area contributed by atoms with Gasteiger partial charge in [0.1, 0.15) is 12.2 Å². The quantitative estimate of drug-likeness (QED) is 0.760. The molecule has 1 aliphatic carbocycles. The van der Waals surface area contributed by atoms with E-state index in [0.29, 0.717) is 18.7 Å². The van der Waals surface area contributed by atoms with Crippen LogP contribution in [0.4, 0.5) is 0 Å². The average Bonchev–Trinajstić information content (AvgIpc) is 2.71. The molecule has 1 saturated carbocycles. The molecule has 8 heteroatoms. The van der Waals surface area contributed by atoms with Crippen LogP contribution in [0.3, 0.4) is 0 Å². The molecule has 1 aromatic heterocycles. The Morgan fingerprint density at radius 2 is 2.28 bits per heavy atom. The van der Waals surface area contributed by atoms with Gasteiger partial charge in [0.25, 0.3) is 0 Å². The number of ether oxygens (including phenoxy) is 1. The maximum atomic E-state index is 10.7. The van der Waals surface area contributed by atoms with E-state index in [0.717, 1.165) is 0 Å². The summed E-state index contributed by atoms with van der Waals surface area (Å²) in [6, 6.07) is 0. The first-order valence-electron chi connectivity index (χ1n) is 5.55. The predicted octanol–water partition coefficient (Wildman–Crippen LogP) is 0.661. The van der Waals surface area contributed by atoms with Gasteiger partial charge >= 0.3 is 8.25 Å². The molecule has 7 nitrogen and oxygen atoms in total. The second-order valence-corrected chi connectivity index (χ2v) is 4.77. The number of hydrogen-bond donors (Lipinski definition) is 2. The molecule has 4 atom stereocenters. The first-order chi connectivity index (χ1) is 8.69. The summed E-state index contributed by atoms with van der Waals surface area (Å²) in [5.41, 5.74) is 0. The maximum absolute atomic E-state index is 10.7. The van der Waals surface area contributed by atoms with Gasteiger partial charge in [0.15, 0.2) is 0 Å². The largest absolute Gasteiger partial charge is 0.695 e. The molecule has 0 aliphatic heterocycles. The Hall–Kier alpha value is -1.14. The first-order valence-corrected chi connectivity index (χ1v) is 6.68. The van der Waals surface area contributed by atoms with E-state index in [-0.39, 0.29) is 18.6 Å². The highest BCUT2D eigenvalue weighted by atomic mass is 31.1. The van der Waals surface area contributed by atoms with Crippen molar-refractivity contribution in [2.75, 3.05) is 6.61 Å². The molecule has 0 bridgehead atoms. The van der Waals surface area contributed by atoms with Gasteiger partial charge in [-0.3, -0.25) is 4.98 Å². The highest BCUT2D eigenvalue weighted by Gasteiger charge is 2.41. The zero-order valence-corrected chi connectivity index (χ0v) is 10.4. The Kier molecular flexibility index (Phi) is 4.54. The van der Waals surface area contributed by atoms with Crippen molar-refractivity contribution in [2.24, 2.45) is 5.92 Å². The summed E-state index contributed by atoms with van der Waals surface area (Å²) < 4.78 is 21.1. The number of hydrogen-bond acceptors (Lipinski definition) is 6. The molecule has 2 N–H and O–H groups in total. The van der Waals surface area contributed by atoms with Crippen LogP contribution in [-0.4, -0.2) is 38.8 Å². The minimum Gasteiger partial charge on any atom is -0.473 e. The lowest BCUT2D eigenvalue weighted by atomic mass is 10.1. The van der Waals surface area contributed by atoms with Gasteiger partial charge in [-0.05, 0) is 6.42 Å². The minimum absolute atomic E-state index is 0.103. The zero-order chi connectivity index (χ0) is 13.0. The summed E-state index contributed by atoms with van der Waals surface area (Å²) in [7, 11) is -2.67. The molecule has 98 valence electrons. The van der Waals surface area contributed by atoms with Crippen LogP contribution in [0.5, 0.6) is 5.88 Å². The monoisotopic (exact) mass is 273 g/mol. The van der Waals surface area contributed by atoms with E-state index in [1.165, 1.54) is 12.4 Å². The molecule has 0 spiro atoms. The highest BCUT2D eigenvalue weighted by molar-refractivity contribution is 7.32. The first kappa shape index (κ1) is 13.3. The molecule has 1 aliphatic rings. The van der Waals surface area contributed by atoms with Crippen molar-refractivity contribution in [3.63, 3.8) is 0 Å². The number of nitrogens with zero attached hydrogens (tertiary/aromatic N) is 2. The van der Waals surface area contributed by atoms with Crippen LogP contribution in [-0.2, 0) is 9.09 Å². The molecule has 1 heterocycles. The topological polar surface area (TPSA) is 102 Å². The third-order valence-electron chi connectivity index (χ3n) is 2.87. The molecule has 0 saturated heterocycles. The Morgan fingerprint density at radius 3 is 2.89 bits per heavy atom. The third-order valence-corrected chi connectivity index (χ3v) is 3.32. The van der Waals surface area contributed by atoms with Crippen LogP contribution in [0.2, 0.25) is 0 Å². The van der Waals surface area contributed by atoms with Gasteiger partial charge in [-0.25, -0.2) is 4.98 Å². The van der Waals surface area contributed by atoms with Crippen molar-refractivity contribution < 1.29 is 23.8 Å². The molecular weight excluding hydrogens is 259 g/mol. The van der Waals surface area contributed by atoms with E-state index >= 15 is 0 Å².